The highest BCUT2D eigenvalue weighted by Gasteiger charge is 2.36. The molecule has 1 heterocycles. The van der Waals surface area contributed by atoms with Crippen LogP contribution in [0.5, 0.6) is 5.75 Å². The number of rotatable bonds is 5. The van der Waals surface area contributed by atoms with Crippen LogP contribution in [0.1, 0.15) is 67.9 Å². The minimum Gasteiger partial charge on any atom is -0.506 e. The standard InChI is InChI=1S/C23H26Br2FN3O2/c1-5-6-29-20-10-19(26)15(7-16(20)13(2)11-23(29,3)4)12-27-28-22(31)14-8-17(24)21(30)18(25)9-14/h7-10,12-13,30H,5-6,11H2,1-4H3,(H,28,31)/b27-12-. The summed E-state index contributed by atoms with van der Waals surface area (Å²) in [5.41, 5.74) is 5.03. The molecule has 2 N–H and O–H groups in total. The SMILES string of the molecule is CCCN1c2cc(F)c(/C=N\NC(=O)c3cc(Br)c(O)c(Br)c3)cc2C(C)CC1(C)C. The van der Waals surface area contributed by atoms with Crippen LogP contribution >= 0.6 is 31.9 Å². The Labute approximate surface area is 199 Å². The second-order valence-electron chi connectivity index (χ2n) is 8.49. The zero-order valence-electron chi connectivity index (χ0n) is 18.0. The molecule has 166 valence electrons. The van der Waals surface area contributed by atoms with Gasteiger partial charge in [-0.2, -0.15) is 5.10 Å². The van der Waals surface area contributed by atoms with Crippen molar-refractivity contribution in [1.29, 1.82) is 0 Å². The van der Waals surface area contributed by atoms with Crippen molar-refractivity contribution in [2.24, 2.45) is 5.10 Å². The fourth-order valence-corrected chi connectivity index (χ4v) is 5.37. The number of amides is 1. The largest absolute Gasteiger partial charge is 0.506 e. The van der Waals surface area contributed by atoms with Gasteiger partial charge in [0.05, 0.1) is 15.2 Å². The smallest absolute Gasteiger partial charge is 0.271 e. The number of halogens is 3. The lowest BCUT2D eigenvalue weighted by molar-refractivity contribution is 0.0955. The predicted molar refractivity (Wildman–Crippen MR) is 130 cm³/mol. The Balaban J connectivity index is 1.84. The van der Waals surface area contributed by atoms with Gasteiger partial charge in [0.1, 0.15) is 11.6 Å². The molecule has 0 fully saturated rings. The highest BCUT2D eigenvalue weighted by atomic mass is 79.9. The number of phenolic OH excluding ortho intramolecular Hbond substituents is 1. The van der Waals surface area contributed by atoms with E-state index in [0.717, 1.165) is 30.6 Å². The molecule has 1 atom stereocenters. The monoisotopic (exact) mass is 553 g/mol. The van der Waals surface area contributed by atoms with Gasteiger partial charge in [-0.25, -0.2) is 9.82 Å². The number of benzene rings is 2. The highest BCUT2D eigenvalue weighted by molar-refractivity contribution is 9.11. The molecule has 1 unspecified atom stereocenters. The molecule has 31 heavy (non-hydrogen) atoms. The third-order valence-electron chi connectivity index (χ3n) is 5.60. The van der Waals surface area contributed by atoms with E-state index in [2.05, 4.69) is 75.0 Å². The van der Waals surface area contributed by atoms with Gasteiger partial charge in [-0.1, -0.05) is 13.8 Å². The molecule has 0 spiro atoms. The van der Waals surface area contributed by atoms with Gasteiger partial charge >= 0.3 is 0 Å². The molecule has 0 saturated heterocycles. The fraction of sp³-hybridized carbons (Fsp3) is 0.391. The van der Waals surface area contributed by atoms with Crippen molar-refractivity contribution in [1.82, 2.24) is 5.43 Å². The molecule has 0 aliphatic carbocycles. The van der Waals surface area contributed by atoms with E-state index in [1.165, 1.54) is 18.3 Å². The van der Waals surface area contributed by atoms with Gasteiger partial charge in [-0.15, -0.1) is 0 Å². The van der Waals surface area contributed by atoms with Crippen LogP contribution in [0.15, 0.2) is 38.3 Å². The minimum absolute atomic E-state index is 0.00518. The zero-order chi connectivity index (χ0) is 22.9. The Morgan fingerprint density at radius 3 is 2.58 bits per heavy atom. The molecule has 0 bridgehead atoms. The van der Waals surface area contributed by atoms with Gasteiger partial charge in [0.25, 0.3) is 5.91 Å². The first-order valence-corrected chi connectivity index (χ1v) is 11.8. The molecule has 2 aromatic carbocycles. The number of fused-ring (bicyclic) bond motifs is 1. The van der Waals surface area contributed by atoms with Crippen LogP contribution in [-0.2, 0) is 0 Å². The molecule has 2 aromatic rings. The van der Waals surface area contributed by atoms with Gasteiger partial charge in [0.2, 0.25) is 0 Å². The molecule has 1 aliphatic heterocycles. The van der Waals surface area contributed by atoms with E-state index in [-0.39, 0.29) is 23.0 Å². The average Bonchev–Trinajstić information content (AvgIpc) is 2.69. The van der Waals surface area contributed by atoms with Gasteiger partial charge in [-0.05, 0) is 94.3 Å². The van der Waals surface area contributed by atoms with Crippen LogP contribution < -0.4 is 10.3 Å². The maximum atomic E-state index is 14.9. The quantitative estimate of drug-likeness (QED) is 0.335. The molecule has 0 radical (unpaired) electrons. The summed E-state index contributed by atoms with van der Waals surface area (Å²) in [6.07, 6.45) is 3.29. The van der Waals surface area contributed by atoms with Crippen molar-refractivity contribution < 1.29 is 14.3 Å². The van der Waals surface area contributed by atoms with Crippen molar-refractivity contribution in [3.05, 3.63) is 55.7 Å². The molecule has 1 aliphatic rings. The maximum absolute atomic E-state index is 14.9. The molecule has 0 aromatic heterocycles. The average molecular weight is 555 g/mol. The lowest BCUT2D eigenvalue weighted by Gasteiger charge is -2.47. The summed E-state index contributed by atoms with van der Waals surface area (Å²) < 4.78 is 15.7. The molecule has 1 amide bonds. The summed E-state index contributed by atoms with van der Waals surface area (Å²) in [5.74, 6) is -0.559. The number of hydrazone groups is 1. The number of nitrogens with zero attached hydrogens (tertiary/aromatic N) is 2. The number of hydrogen-bond donors (Lipinski definition) is 2. The van der Waals surface area contributed by atoms with Gasteiger partial charge in [0.15, 0.2) is 0 Å². The van der Waals surface area contributed by atoms with Crippen LogP contribution in [-0.4, -0.2) is 29.3 Å². The number of nitrogens with one attached hydrogen (secondary N) is 1. The lowest BCUT2D eigenvalue weighted by atomic mass is 9.79. The van der Waals surface area contributed by atoms with Crippen molar-refractivity contribution in [2.45, 2.75) is 52.0 Å². The molecule has 5 nitrogen and oxygen atoms in total. The third-order valence-corrected chi connectivity index (χ3v) is 6.81. The first kappa shape index (κ1) is 23.7. The summed E-state index contributed by atoms with van der Waals surface area (Å²) in [5, 5.41) is 13.7. The third kappa shape index (κ3) is 4.95. The topological polar surface area (TPSA) is 64.9 Å². The molecular formula is C23H26Br2FN3O2. The lowest BCUT2D eigenvalue weighted by Crippen LogP contribution is -2.48. The minimum atomic E-state index is -0.472. The molecular weight excluding hydrogens is 529 g/mol. The molecule has 0 saturated carbocycles. The van der Waals surface area contributed by atoms with Crippen molar-refractivity contribution in [3.8, 4) is 5.75 Å². The van der Waals surface area contributed by atoms with Crippen molar-refractivity contribution in [3.63, 3.8) is 0 Å². The van der Waals surface area contributed by atoms with Gasteiger partial charge < -0.3 is 10.0 Å². The Hall–Kier alpha value is -1.93. The number of anilines is 1. The van der Waals surface area contributed by atoms with Crippen LogP contribution in [0, 0.1) is 5.82 Å². The summed E-state index contributed by atoms with van der Waals surface area (Å²) in [6, 6.07) is 6.38. The summed E-state index contributed by atoms with van der Waals surface area (Å²) in [7, 11) is 0. The Kier molecular flexibility index (Phi) is 7.11. The number of aromatic hydroxyl groups is 1. The van der Waals surface area contributed by atoms with E-state index in [0.29, 0.717) is 20.1 Å². The van der Waals surface area contributed by atoms with E-state index in [4.69, 9.17) is 0 Å². The van der Waals surface area contributed by atoms with E-state index in [9.17, 15) is 14.3 Å². The Bertz CT molecular complexity index is 1020. The second-order valence-corrected chi connectivity index (χ2v) is 10.2. The fourth-order valence-electron chi connectivity index (χ4n) is 4.19. The summed E-state index contributed by atoms with van der Waals surface area (Å²) >= 11 is 6.38. The molecule has 8 heteroatoms. The maximum Gasteiger partial charge on any atom is 0.271 e. The number of phenols is 1. The van der Waals surface area contributed by atoms with E-state index >= 15 is 0 Å². The summed E-state index contributed by atoms with van der Waals surface area (Å²) in [6.45, 7) is 9.55. The first-order valence-electron chi connectivity index (χ1n) is 10.2. The van der Waals surface area contributed by atoms with Crippen LogP contribution in [0.3, 0.4) is 0 Å². The van der Waals surface area contributed by atoms with Crippen LogP contribution in [0.4, 0.5) is 10.1 Å². The zero-order valence-corrected chi connectivity index (χ0v) is 21.1. The predicted octanol–water partition coefficient (Wildman–Crippen LogP) is 6.32. The first-order chi connectivity index (χ1) is 14.5. The van der Waals surface area contributed by atoms with E-state index in [1.54, 1.807) is 6.07 Å². The Morgan fingerprint density at radius 2 is 1.97 bits per heavy atom. The van der Waals surface area contributed by atoms with Gasteiger partial charge in [0, 0.05) is 28.9 Å². The van der Waals surface area contributed by atoms with Crippen LogP contribution in [0.25, 0.3) is 0 Å². The molecule has 3 rings (SSSR count). The van der Waals surface area contributed by atoms with Crippen molar-refractivity contribution >= 4 is 49.7 Å². The number of carbonyl (C=O) groups excluding carboxylic acids is 1. The normalized spacial score (nSPS) is 17.6. The van der Waals surface area contributed by atoms with E-state index in [1.807, 2.05) is 6.07 Å². The van der Waals surface area contributed by atoms with Gasteiger partial charge in [-0.3, -0.25) is 4.79 Å². The number of carbonyl (C=O) groups is 1. The Morgan fingerprint density at radius 1 is 1.32 bits per heavy atom. The van der Waals surface area contributed by atoms with Crippen molar-refractivity contribution in [2.75, 3.05) is 11.4 Å². The number of hydrogen-bond acceptors (Lipinski definition) is 4. The second kappa shape index (κ2) is 9.28. The van der Waals surface area contributed by atoms with E-state index < -0.39 is 5.91 Å². The highest BCUT2D eigenvalue weighted by Crippen LogP contribution is 2.44. The van der Waals surface area contributed by atoms with Crippen LogP contribution in [0.2, 0.25) is 0 Å². The summed E-state index contributed by atoms with van der Waals surface area (Å²) in [4.78, 5) is 14.6.